The van der Waals surface area contributed by atoms with Crippen molar-refractivity contribution in [1.82, 2.24) is 30.0 Å². The van der Waals surface area contributed by atoms with E-state index in [1.807, 2.05) is 37.8 Å². The molecule has 2 fully saturated rings. The van der Waals surface area contributed by atoms with Crippen molar-refractivity contribution in [2.24, 2.45) is 5.92 Å². The molecule has 1 saturated heterocycles. The maximum absolute atomic E-state index is 12.1. The lowest BCUT2D eigenvalue weighted by Gasteiger charge is -2.34. The summed E-state index contributed by atoms with van der Waals surface area (Å²) in [6, 6.07) is 8.69. The number of ether oxygens (including phenoxy) is 2. The van der Waals surface area contributed by atoms with Gasteiger partial charge in [0.05, 0.1) is 24.7 Å². The number of benzene rings is 1. The summed E-state index contributed by atoms with van der Waals surface area (Å²) in [5.41, 5.74) is 3.36. The topological polar surface area (TPSA) is 97.6 Å². The van der Waals surface area contributed by atoms with Crippen LogP contribution in [0.4, 0.5) is 10.5 Å². The SMILES string of the molecule is CN1CCN(c2ccc(-n3cc(-c4ncncc4OCC4CCC(NC(=O)OC(C)(C)C)CC4)cn3)cc2)CC1. The largest absolute Gasteiger partial charge is 0.489 e. The predicted octanol–water partition coefficient (Wildman–Crippen LogP) is 4.54. The van der Waals surface area contributed by atoms with Gasteiger partial charge in [-0.05, 0) is 83.7 Å². The Morgan fingerprint density at radius 1 is 1.00 bits per heavy atom. The number of carbonyl (C=O) groups excluding carboxylic acids is 1. The predicted molar refractivity (Wildman–Crippen MR) is 155 cm³/mol. The summed E-state index contributed by atoms with van der Waals surface area (Å²) in [6.07, 6.45) is 10.5. The van der Waals surface area contributed by atoms with Gasteiger partial charge in [0.1, 0.15) is 17.6 Å². The summed E-state index contributed by atoms with van der Waals surface area (Å²) in [7, 11) is 2.17. The Morgan fingerprint density at radius 2 is 1.70 bits per heavy atom. The maximum atomic E-state index is 12.1. The molecule has 1 aliphatic carbocycles. The third-order valence-corrected chi connectivity index (χ3v) is 7.56. The van der Waals surface area contributed by atoms with Crippen LogP contribution in [0.1, 0.15) is 46.5 Å². The lowest BCUT2D eigenvalue weighted by Crippen LogP contribution is -2.44. The van der Waals surface area contributed by atoms with Crippen molar-refractivity contribution in [2.75, 3.05) is 44.7 Å². The van der Waals surface area contributed by atoms with E-state index in [1.165, 1.54) is 12.0 Å². The number of rotatable bonds is 7. The Hall–Kier alpha value is -3.66. The van der Waals surface area contributed by atoms with Crippen molar-refractivity contribution in [3.05, 3.63) is 49.2 Å². The van der Waals surface area contributed by atoms with Crippen LogP contribution in [0, 0.1) is 5.92 Å². The van der Waals surface area contributed by atoms with Crippen LogP contribution in [0.25, 0.3) is 16.9 Å². The van der Waals surface area contributed by atoms with Gasteiger partial charge in [-0.1, -0.05) is 0 Å². The van der Waals surface area contributed by atoms with Gasteiger partial charge < -0.3 is 24.6 Å². The summed E-state index contributed by atoms with van der Waals surface area (Å²) >= 11 is 0. The zero-order valence-electron chi connectivity index (χ0n) is 24.0. The minimum Gasteiger partial charge on any atom is -0.489 e. The van der Waals surface area contributed by atoms with Crippen molar-refractivity contribution in [1.29, 1.82) is 0 Å². The maximum Gasteiger partial charge on any atom is 0.407 e. The molecule has 1 amide bonds. The molecule has 0 bridgehead atoms. The molecule has 214 valence electrons. The molecule has 0 atom stereocenters. The normalized spacial score (nSPS) is 20.2. The lowest BCUT2D eigenvalue weighted by atomic mass is 9.86. The Morgan fingerprint density at radius 3 is 2.40 bits per heavy atom. The van der Waals surface area contributed by atoms with Crippen molar-refractivity contribution < 1.29 is 14.3 Å². The van der Waals surface area contributed by atoms with Crippen LogP contribution in [0.3, 0.4) is 0 Å². The quantitative estimate of drug-likeness (QED) is 0.460. The second-order valence-corrected chi connectivity index (χ2v) is 11.9. The summed E-state index contributed by atoms with van der Waals surface area (Å²) in [4.78, 5) is 25.6. The van der Waals surface area contributed by atoms with E-state index in [9.17, 15) is 4.79 Å². The van der Waals surface area contributed by atoms with E-state index in [2.05, 4.69) is 61.5 Å². The molecule has 10 heteroatoms. The third kappa shape index (κ3) is 7.29. The monoisotopic (exact) mass is 547 g/mol. The number of alkyl carbamates (subject to hydrolysis) is 1. The fourth-order valence-corrected chi connectivity index (χ4v) is 5.26. The van der Waals surface area contributed by atoms with Gasteiger partial charge in [0.25, 0.3) is 0 Å². The standard InChI is InChI=1S/C30H41N7O3/c1-30(2,3)40-29(38)34-24-7-5-22(6-8-24)20-39-27-18-31-21-32-28(27)23-17-33-37(19-23)26-11-9-25(10-12-26)36-15-13-35(4)14-16-36/h9-12,17-19,21-22,24H,5-8,13-16,20H2,1-4H3,(H,34,38). The number of hydrogen-bond donors (Lipinski definition) is 1. The molecule has 1 aromatic carbocycles. The first-order chi connectivity index (χ1) is 19.2. The molecule has 5 rings (SSSR count). The van der Waals surface area contributed by atoms with E-state index >= 15 is 0 Å². The van der Waals surface area contributed by atoms with Crippen molar-refractivity contribution in [3.63, 3.8) is 0 Å². The van der Waals surface area contributed by atoms with Crippen LogP contribution >= 0.6 is 0 Å². The molecule has 3 aromatic rings. The molecule has 1 N–H and O–H groups in total. The van der Waals surface area contributed by atoms with E-state index < -0.39 is 5.60 Å². The molecule has 2 aromatic heterocycles. The summed E-state index contributed by atoms with van der Waals surface area (Å²) in [5.74, 6) is 1.06. The highest BCUT2D eigenvalue weighted by atomic mass is 16.6. The highest BCUT2D eigenvalue weighted by Gasteiger charge is 2.25. The fourth-order valence-electron chi connectivity index (χ4n) is 5.26. The number of aromatic nitrogens is 4. The second-order valence-electron chi connectivity index (χ2n) is 11.9. The van der Waals surface area contributed by atoms with Gasteiger partial charge in [0, 0.05) is 49.7 Å². The smallest absolute Gasteiger partial charge is 0.407 e. The average molecular weight is 548 g/mol. The van der Waals surface area contributed by atoms with Gasteiger partial charge in [-0.3, -0.25) is 0 Å². The van der Waals surface area contributed by atoms with Crippen molar-refractivity contribution >= 4 is 11.8 Å². The Labute approximate surface area is 236 Å². The minimum atomic E-state index is -0.490. The van der Waals surface area contributed by atoms with Gasteiger partial charge in [-0.25, -0.2) is 19.4 Å². The van der Waals surface area contributed by atoms with E-state index in [1.54, 1.807) is 6.20 Å². The Bertz CT molecular complexity index is 1250. The minimum absolute atomic E-state index is 0.142. The molecule has 1 aliphatic heterocycles. The lowest BCUT2D eigenvalue weighted by molar-refractivity contribution is 0.0483. The molecular weight excluding hydrogens is 506 g/mol. The molecule has 0 unspecified atom stereocenters. The molecule has 3 heterocycles. The van der Waals surface area contributed by atoms with Crippen LogP contribution in [-0.4, -0.2) is 82.2 Å². The first-order valence-electron chi connectivity index (χ1n) is 14.2. The molecule has 40 heavy (non-hydrogen) atoms. The Balaban J connectivity index is 1.16. The van der Waals surface area contributed by atoms with Crippen molar-refractivity contribution in [3.8, 4) is 22.7 Å². The zero-order valence-corrected chi connectivity index (χ0v) is 24.0. The summed E-state index contributed by atoms with van der Waals surface area (Å²) in [5, 5.41) is 7.60. The van der Waals surface area contributed by atoms with Gasteiger partial charge in [0.15, 0.2) is 5.75 Å². The second kappa shape index (κ2) is 12.2. The molecular formula is C30H41N7O3. The average Bonchev–Trinajstić information content (AvgIpc) is 3.43. The molecule has 0 spiro atoms. The first-order valence-corrected chi connectivity index (χ1v) is 14.2. The van der Waals surface area contributed by atoms with Crippen LogP contribution in [0.15, 0.2) is 49.2 Å². The molecule has 1 saturated carbocycles. The van der Waals surface area contributed by atoms with Crippen LogP contribution < -0.4 is 15.0 Å². The number of likely N-dealkylation sites (N-methyl/N-ethyl adjacent to an activating group) is 1. The molecule has 10 nitrogen and oxygen atoms in total. The van der Waals surface area contributed by atoms with Gasteiger partial charge in [0.2, 0.25) is 0 Å². The van der Waals surface area contributed by atoms with E-state index in [0.717, 1.165) is 68.8 Å². The molecule has 0 radical (unpaired) electrons. The summed E-state index contributed by atoms with van der Waals surface area (Å²) in [6.45, 7) is 10.5. The number of anilines is 1. The number of carbonyl (C=O) groups is 1. The third-order valence-electron chi connectivity index (χ3n) is 7.56. The van der Waals surface area contributed by atoms with Crippen LogP contribution in [-0.2, 0) is 4.74 Å². The number of amides is 1. The zero-order chi connectivity index (χ0) is 28.1. The molecule has 2 aliphatic rings. The highest BCUT2D eigenvalue weighted by molar-refractivity contribution is 5.68. The van der Waals surface area contributed by atoms with Gasteiger partial charge in [-0.2, -0.15) is 5.10 Å². The van der Waals surface area contributed by atoms with Gasteiger partial charge in [-0.15, -0.1) is 0 Å². The summed E-state index contributed by atoms with van der Waals surface area (Å²) < 4.78 is 13.5. The van der Waals surface area contributed by atoms with Gasteiger partial charge >= 0.3 is 6.09 Å². The van der Waals surface area contributed by atoms with E-state index in [0.29, 0.717) is 18.3 Å². The van der Waals surface area contributed by atoms with Crippen LogP contribution in [0.2, 0.25) is 0 Å². The van der Waals surface area contributed by atoms with E-state index in [4.69, 9.17) is 9.47 Å². The first kappa shape index (κ1) is 27.9. The van der Waals surface area contributed by atoms with E-state index in [-0.39, 0.29) is 12.1 Å². The number of nitrogens with zero attached hydrogens (tertiary/aromatic N) is 6. The fraction of sp³-hybridized carbons (Fsp3) is 0.533. The Kier molecular flexibility index (Phi) is 8.54. The number of hydrogen-bond acceptors (Lipinski definition) is 8. The number of piperazine rings is 1. The highest BCUT2D eigenvalue weighted by Crippen LogP contribution is 2.30. The van der Waals surface area contributed by atoms with Crippen LogP contribution in [0.5, 0.6) is 5.75 Å². The van der Waals surface area contributed by atoms with Crippen molar-refractivity contribution in [2.45, 2.75) is 58.1 Å². The number of nitrogens with one attached hydrogen (secondary N) is 1.